The minimum Gasteiger partial charge on any atom is -0.496 e. The lowest BCUT2D eigenvalue weighted by Crippen LogP contribution is -2.12. The molecule has 0 bridgehead atoms. The standard InChI is InChI=1S/C14H19BrO2/c1-9(2)12-7-11(15)6-10(13(12)17-3)8-14(16)4-5-14/h6-7,9,16H,4-5,8H2,1-3H3. The highest BCUT2D eigenvalue weighted by Crippen LogP contribution is 2.42. The normalized spacial score (nSPS) is 17.3. The Morgan fingerprint density at radius 2 is 2.06 bits per heavy atom. The molecule has 1 fully saturated rings. The molecule has 0 atom stereocenters. The average molecular weight is 299 g/mol. The van der Waals surface area contributed by atoms with Crippen molar-refractivity contribution in [2.75, 3.05) is 7.11 Å². The van der Waals surface area contributed by atoms with Crippen molar-refractivity contribution in [3.63, 3.8) is 0 Å². The molecule has 0 amide bonds. The van der Waals surface area contributed by atoms with E-state index in [1.165, 1.54) is 5.56 Å². The summed E-state index contributed by atoms with van der Waals surface area (Å²) in [6.45, 7) is 4.31. The number of rotatable bonds is 4. The minimum absolute atomic E-state index is 0.412. The van der Waals surface area contributed by atoms with Crippen LogP contribution < -0.4 is 4.74 Å². The number of benzene rings is 1. The van der Waals surface area contributed by atoms with Gasteiger partial charge in [0.1, 0.15) is 5.75 Å². The zero-order valence-electron chi connectivity index (χ0n) is 10.6. The van der Waals surface area contributed by atoms with Crippen LogP contribution in [0, 0.1) is 0 Å². The summed E-state index contributed by atoms with van der Waals surface area (Å²) in [4.78, 5) is 0. The maximum absolute atomic E-state index is 10.1. The molecule has 2 rings (SSSR count). The summed E-state index contributed by atoms with van der Waals surface area (Å²) in [5, 5.41) is 10.1. The van der Waals surface area contributed by atoms with E-state index in [2.05, 4.69) is 41.9 Å². The van der Waals surface area contributed by atoms with Gasteiger partial charge in [0.15, 0.2) is 0 Å². The van der Waals surface area contributed by atoms with E-state index < -0.39 is 5.60 Å². The quantitative estimate of drug-likeness (QED) is 0.919. The maximum Gasteiger partial charge on any atom is 0.125 e. The molecule has 0 aliphatic heterocycles. The first-order valence-electron chi connectivity index (χ1n) is 6.04. The molecule has 0 saturated heterocycles. The summed E-state index contributed by atoms with van der Waals surface area (Å²) < 4.78 is 6.59. The van der Waals surface area contributed by atoms with Gasteiger partial charge in [0.2, 0.25) is 0 Å². The smallest absolute Gasteiger partial charge is 0.125 e. The van der Waals surface area contributed by atoms with E-state index in [0.29, 0.717) is 12.3 Å². The van der Waals surface area contributed by atoms with Gasteiger partial charge in [-0.05, 0) is 42.0 Å². The third-order valence-electron chi connectivity index (χ3n) is 3.33. The molecule has 3 heteroatoms. The molecule has 0 aromatic heterocycles. The number of methoxy groups -OCH3 is 1. The molecule has 0 radical (unpaired) electrons. The lowest BCUT2D eigenvalue weighted by molar-refractivity contribution is 0.150. The Kier molecular flexibility index (Phi) is 3.50. The fourth-order valence-corrected chi connectivity index (χ4v) is 2.68. The van der Waals surface area contributed by atoms with Gasteiger partial charge in [-0.15, -0.1) is 0 Å². The number of halogens is 1. The van der Waals surface area contributed by atoms with Crippen LogP contribution in [0.3, 0.4) is 0 Å². The summed E-state index contributed by atoms with van der Waals surface area (Å²) >= 11 is 3.54. The second kappa shape index (κ2) is 4.62. The summed E-state index contributed by atoms with van der Waals surface area (Å²) in [7, 11) is 1.70. The highest BCUT2D eigenvalue weighted by Gasteiger charge is 2.41. The van der Waals surface area contributed by atoms with Gasteiger partial charge in [-0.2, -0.15) is 0 Å². The molecule has 1 aliphatic carbocycles. The number of aliphatic hydroxyl groups is 1. The molecule has 1 aliphatic rings. The Morgan fingerprint density at radius 1 is 1.41 bits per heavy atom. The van der Waals surface area contributed by atoms with Crippen molar-refractivity contribution in [2.24, 2.45) is 0 Å². The molecular formula is C14H19BrO2. The highest BCUT2D eigenvalue weighted by atomic mass is 79.9. The van der Waals surface area contributed by atoms with Crippen molar-refractivity contribution >= 4 is 15.9 Å². The molecule has 0 unspecified atom stereocenters. The highest BCUT2D eigenvalue weighted by molar-refractivity contribution is 9.10. The maximum atomic E-state index is 10.1. The van der Waals surface area contributed by atoms with Crippen molar-refractivity contribution in [1.82, 2.24) is 0 Å². The van der Waals surface area contributed by atoms with Crippen LogP contribution in [0.25, 0.3) is 0 Å². The Hall–Kier alpha value is -0.540. The van der Waals surface area contributed by atoms with Crippen LogP contribution in [0.5, 0.6) is 5.75 Å². The third kappa shape index (κ3) is 2.83. The SMILES string of the molecule is COc1c(CC2(O)CC2)cc(Br)cc1C(C)C. The van der Waals surface area contributed by atoms with Gasteiger partial charge < -0.3 is 9.84 Å². The summed E-state index contributed by atoms with van der Waals surface area (Å²) in [5.74, 6) is 1.35. The van der Waals surface area contributed by atoms with E-state index in [1.54, 1.807) is 7.11 Å². The van der Waals surface area contributed by atoms with Crippen LogP contribution in [0.15, 0.2) is 16.6 Å². The van der Waals surface area contributed by atoms with Crippen LogP contribution in [-0.2, 0) is 6.42 Å². The van der Waals surface area contributed by atoms with Crippen molar-refractivity contribution < 1.29 is 9.84 Å². The van der Waals surface area contributed by atoms with Gasteiger partial charge in [0.05, 0.1) is 12.7 Å². The van der Waals surface area contributed by atoms with E-state index in [-0.39, 0.29) is 0 Å². The molecule has 17 heavy (non-hydrogen) atoms. The lowest BCUT2D eigenvalue weighted by Gasteiger charge is -2.18. The molecule has 1 aromatic rings. The van der Waals surface area contributed by atoms with Crippen LogP contribution >= 0.6 is 15.9 Å². The van der Waals surface area contributed by atoms with Gasteiger partial charge in [-0.25, -0.2) is 0 Å². The van der Waals surface area contributed by atoms with E-state index in [1.807, 2.05) is 0 Å². The van der Waals surface area contributed by atoms with Crippen LogP contribution in [0.1, 0.15) is 43.7 Å². The Labute approximate surface area is 111 Å². The largest absolute Gasteiger partial charge is 0.496 e. The molecule has 0 spiro atoms. The molecule has 0 heterocycles. The Balaban J connectivity index is 2.41. The minimum atomic E-state index is -0.484. The fourth-order valence-electron chi connectivity index (χ4n) is 2.16. The first-order chi connectivity index (χ1) is 7.95. The molecule has 1 N–H and O–H groups in total. The fraction of sp³-hybridized carbons (Fsp3) is 0.571. The van der Waals surface area contributed by atoms with Gasteiger partial charge in [-0.1, -0.05) is 29.8 Å². The van der Waals surface area contributed by atoms with Crippen molar-refractivity contribution in [3.05, 3.63) is 27.7 Å². The Bertz CT molecular complexity index is 422. The summed E-state index contributed by atoms with van der Waals surface area (Å²) in [5.41, 5.74) is 1.81. The van der Waals surface area contributed by atoms with Crippen molar-refractivity contribution in [1.29, 1.82) is 0 Å². The first kappa shape index (κ1) is 12.9. The first-order valence-corrected chi connectivity index (χ1v) is 6.83. The molecule has 1 aromatic carbocycles. The zero-order chi connectivity index (χ0) is 12.6. The molecule has 94 valence electrons. The molecule has 1 saturated carbocycles. The lowest BCUT2D eigenvalue weighted by atomic mass is 9.96. The van der Waals surface area contributed by atoms with Crippen LogP contribution in [0.4, 0.5) is 0 Å². The topological polar surface area (TPSA) is 29.5 Å². The van der Waals surface area contributed by atoms with E-state index in [0.717, 1.165) is 28.6 Å². The van der Waals surface area contributed by atoms with Crippen LogP contribution in [-0.4, -0.2) is 17.8 Å². The van der Waals surface area contributed by atoms with Gasteiger partial charge in [-0.3, -0.25) is 0 Å². The zero-order valence-corrected chi connectivity index (χ0v) is 12.2. The second-order valence-corrected chi connectivity index (χ2v) is 6.16. The van der Waals surface area contributed by atoms with Crippen LogP contribution in [0.2, 0.25) is 0 Å². The van der Waals surface area contributed by atoms with E-state index in [9.17, 15) is 5.11 Å². The van der Waals surface area contributed by atoms with Gasteiger partial charge >= 0.3 is 0 Å². The number of hydrogen-bond acceptors (Lipinski definition) is 2. The van der Waals surface area contributed by atoms with E-state index >= 15 is 0 Å². The Morgan fingerprint density at radius 3 is 2.53 bits per heavy atom. The second-order valence-electron chi connectivity index (χ2n) is 5.24. The summed E-state index contributed by atoms with van der Waals surface area (Å²) in [6, 6.07) is 4.16. The predicted octanol–water partition coefficient (Wildman–Crippen LogP) is 3.65. The van der Waals surface area contributed by atoms with Gasteiger partial charge in [0, 0.05) is 10.9 Å². The number of ether oxygens (including phenoxy) is 1. The monoisotopic (exact) mass is 298 g/mol. The van der Waals surface area contributed by atoms with Gasteiger partial charge in [0.25, 0.3) is 0 Å². The average Bonchev–Trinajstić information content (AvgIpc) is 2.95. The summed E-state index contributed by atoms with van der Waals surface area (Å²) in [6.07, 6.45) is 2.49. The predicted molar refractivity (Wildman–Crippen MR) is 72.7 cm³/mol. The number of hydrogen-bond donors (Lipinski definition) is 1. The molecule has 2 nitrogen and oxygen atoms in total. The van der Waals surface area contributed by atoms with Crippen molar-refractivity contribution in [2.45, 2.75) is 44.6 Å². The van der Waals surface area contributed by atoms with Crippen molar-refractivity contribution in [3.8, 4) is 5.75 Å². The molecular weight excluding hydrogens is 280 g/mol. The third-order valence-corrected chi connectivity index (χ3v) is 3.79. The van der Waals surface area contributed by atoms with E-state index in [4.69, 9.17) is 4.74 Å².